The van der Waals surface area contributed by atoms with Crippen molar-refractivity contribution in [1.82, 2.24) is 15.0 Å². The maximum atomic E-state index is 5.84. The van der Waals surface area contributed by atoms with Crippen molar-refractivity contribution in [3.63, 3.8) is 0 Å². The van der Waals surface area contributed by atoms with Gasteiger partial charge >= 0.3 is 0 Å². The highest BCUT2D eigenvalue weighted by molar-refractivity contribution is 6.32. The van der Waals surface area contributed by atoms with Crippen LogP contribution in [0.15, 0.2) is 24.4 Å². The standard InChI is InChI=1S/C8H7ClN4/c9-7-6(12-8(10)13-7)5-3-1-2-4-11-5/h1-4H,(H3,10,12,13). The molecule has 2 rings (SSSR count). The van der Waals surface area contributed by atoms with Crippen LogP contribution in [0.5, 0.6) is 0 Å². The molecule has 0 aliphatic rings. The minimum atomic E-state index is 0.297. The number of nitrogen functional groups attached to an aromatic ring is 1. The molecule has 0 radical (unpaired) electrons. The predicted molar refractivity (Wildman–Crippen MR) is 51.2 cm³/mol. The lowest BCUT2D eigenvalue weighted by atomic mass is 10.3. The molecule has 0 saturated carbocycles. The molecule has 0 unspecified atom stereocenters. The van der Waals surface area contributed by atoms with E-state index in [1.54, 1.807) is 6.20 Å². The monoisotopic (exact) mass is 194 g/mol. The van der Waals surface area contributed by atoms with Gasteiger partial charge in [-0.25, -0.2) is 4.98 Å². The Kier molecular flexibility index (Phi) is 1.90. The van der Waals surface area contributed by atoms with Crippen LogP contribution in [0.3, 0.4) is 0 Å². The largest absolute Gasteiger partial charge is 0.369 e. The molecule has 4 nitrogen and oxygen atoms in total. The predicted octanol–water partition coefficient (Wildman–Crippen LogP) is 1.71. The zero-order chi connectivity index (χ0) is 9.26. The Morgan fingerprint density at radius 3 is 2.77 bits per heavy atom. The summed E-state index contributed by atoms with van der Waals surface area (Å²) in [6.07, 6.45) is 1.68. The molecule has 0 saturated heterocycles. The number of hydrogen-bond donors (Lipinski definition) is 2. The second-order valence-electron chi connectivity index (χ2n) is 2.50. The van der Waals surface area contributed by atoms with Crippen molar-refractivity contribution in [2.24, 2.45) is 0 Å². The van der Waals surface area contributed by atoms with Crippen LogP contribution in [-0.4, -0.2) is 15.0 Å². The summed E-state index contributed by atoms with van der Waals surface area (Å²) in [4.78, 5) is 10.8. The highest BCUT2D eigenvalue weighted by Crippen LogP contribution is 2.23. The normalized spacial score (nSPS) is 10.2. The van der Waals surface area contributed by atoms with Gasteiger partial charge < -0.3 is 10.7 Å². The quantitative estimate of drug-likeness (QED) is 0.726. The number of anilines is 1. The number of aromatic amines is 1. The molecule has 0 fully saturated rings. The smallest absolute Gasteiger partial charge is 0.199 e. The van der Waals surface area contributed by atoms with Crippen molar-refractivity contribution in [2.75, 3.05) is 5.73 Å². The van der Waals surface area contributed by atoms with Crippen molar-refractivity contribution < 1.29 is 0 Å². The van der Waals surface area contributed by atoms with Gasteiger partial charge in [0.25, 0.3) is 0 Å². The topological polar surface area (TPSA) is 67.6 Å². The van der Waals surface area contributed by atoms with Gasteiger partial charge in [0.15, 0.2) is 5.95 Å². The van der Waals surface area contributed by atoms with Crippen LogP contribution in [0.4, 0.5) is 5.95 Å². The zero-order valence-electron chi connectivity index (χ0n) is 6.66. The van der Waals surface area contributed by atoms with Gasteiger partial charge in [0.1, 0.15) is 10.8 Å². The molecule has 2 heterocycles. The Morgan fingerprint density at radius 1 is 1.38 bits per heavy atom. The molecule has 2 aromatic rings. The number of nitrogens with one attached hydrogen (secondary N) is 1. The van der Waals surface area contributed by atoms with E-state index in [9.17, 15) is 0 Å². The fourth-order valence-corrected chi connectivity index (χ4v) is 1.28. The summed E-state index contributed by atoms with van der Waals surface area (Å²) in [5.74, 6) is 0.297. The van der Waals surface area contributed by atoms with E-state index in [1.165, 1.54) is 0 Å². The molecule has 0 spiro atoms. The van der Waals surface area contributed by atoms with E-state index in [-0.39, 0.29) is 0 Å². The van der Waals surface area contributed by atoms with Crippen molar-refractivity contribution >= 4 is 17.5 Å². The first-order chi connectivity index (χ1) is 6.27. The van der Waals surface area contributed by atoms with Gasteiger partial charge in [-0.15, -0.1) is 0 Å². The van der Waals surface area contributed by atoms with Crippen molar-refractivity contribution in [3.05, 3.63) is 29.5 Å². The Labute approximate surface area is 79.8 Å². The SMILES string of the molecule is Nc1nc(-c2ccccn2)c(Cl)[nH]1. The van der Waals surface area contributed by atoms with E-state index < -0.39 is 0 Å². The molecule has 3 N–H and O–H groups in total. The van der Waals surface area contributed by atoms with Crippen LogP contribution in [-0.2, 0) is 0 Å². The lowest BCUT2D eigenvalue weighted by Gasteiger charge is -1.93. The van der Waals surface area contributed by atoms with Gasteiger partial charge in [-0.2, -0.15) is 0 Å². The Morgan fingerprint density at radius 2 is 2.23 bits per heavy atom. The van der Waals surface area contributed by atoms with E-state index in [4.69, 9.17) is 17.3 Å². The fraction of sp³-hybridized carbons (Fsp3) is 0. The second-order valence-corrected chi connectivity index (χ2v) is 2.88. The number of halogens is 1. The van der Waals surface area contributed by atoms with Crippen LogP contribution in [0.1, 0.15) is 0 Å². The van der Waals surface area contributed by atoms with Crippen LogP contribution >= 0.6 is 11.6 Å². The van der Waals surface area contributed by atoms with E-state index >= 15 is 0 Å². The fourth-order valence-electron chi connectivity index (χ4n) is 1.04. The molecule has 0 aromatic carbocycles. The molecule has 0 amide bonds. The number of rotatable bonds is 1. The summed E-state index contributed by atoms with van der Waals surface area (Å²) >= 11 is 5.84. The first-order valence-corrected chi connectivity index (χ1v) is 4.07. The van der Waals surface area contributed by atoms with E-state index in [0.717, 1.165) is 0 Å². The molecule has 0 bridgehead atoms. The molecular formula is C8H7ClN4. The summed E-state index contributed by atoms with van der Waals surface area (Å²) in [7, 11) is 0. The summed E-state index contributed by atoms with van der Waals surface area (Å²) in [5, 5.41) is 0.413. The van der Waals surface area contributed by atoms with Crippen molar-refractivity contribution in [1.29, 1.82) is 0 Å². The van der Waals surface area contributed by atoms with E-state index in [2.05, 4.69) is 15.0 Å². The van der Waals surface area contributed by atoms with Gasteiger partial charge in [-0.1, -0.05) is 17.7 Å². The van der Waals surface area contributed by atoms with Crippen LogP contribution in [0.25, 0.3) is 11.4 Å². The number of pyridine rings is 1. The first-order valence-electron chi connectivity index (χ1n) is 3.70. The van der Waals surface area contributed by atoms with E-state index in [1.807, 2.05) is 18.2 Å². The van der Waals surface area contributed by atoms with Crippen LogP contribution in [0.2, 0.25) is 5.15 Å². The molecule has 66 valence electrons. The number of aromatic nitrogens is 3. The molecular weight excluding hydrogens is 188 g/mol. The average molecular weight is 195 g/mol. The Balaban J connectivity index is 2.53. The Bertz CT molecular complexity index is 409. The number of nitrogens with two attached hydrogens (primary N) is 1. The molecule has 0 aliphatic carbocycles. The zero-order valence-corrected chi connectivity index (χ0v) is 7.42. The third kappa shape index (κ3) is 1.48. The first kappa shape index (κ1) is 8.07. The second kappa shape index (κ2) is 3.06. The summed E-state index contributed by atoms with van der Waals surface area (Å²) in [5.41, 5.74) is 6.73. The summed E-state index contributed by atoms with van der Waals surface area (Å²) in [6, 6.07) is 5.51. The van der Waals surface area contributed by atoms with Gasteiger partial charge in [-0.05, 0) is 12.1 Å². The Hall–Kier alpha value is -1.55. The number of imidazole rings is 1. The molecule has 0 atom stereocenters. The minimum absolute atomic E-state index is 0.297. The number of nitrogens with zero attached hydrogens (tertiary/aromatic N) is 2. The maximum absolute atomic E-state index is 5.84. The summed E-state index contributed by atoms with van der Waals surface area (Å²) in [6.45, 7) is 0. The molecule has 0 aliphatic heterocycles. The third-order valence-corrected chi connectivity index (χ3v) is 1.86. The lowest BCUT2D eigenvalue weighted by Crippen LogP contribution is -1.86. The summed E-state index contributed by atoms with van der Waals surface area (Å²) < 4.78 is 0. The van der Waals surface area contributed by atoms with Crippen LogP contribution < -0.4 is 5.73 Å². The number of H-pyrrole nitrogens is 1. The average Bonchev–Trinajstić information content (AvgIpc) is 2.47. The molecule has 5 heteroatoms. The van der Waals surface area contributed by atoms with Gasteiger partial charge in [0.2, 0.25) is 0 Å². The van der Waals surface area contributed by atoms with Gasteiger partial charge in [-0.3, -0.25) is 4.98 Å². The highest BCUT2D eigenvalue weighted by atomic mass is 35.5. The van der Waals surface area contributed by atoms with Crippen LogP contribution in [0, 0.1) is 0 Å². The highest BCUT2D eigenvalue weighted by Gasteiger charge is 2.08. The molecule has 13 heavy (non-hydrogen) atoms. The number of hydrogen-bond acceptors (Lipinski definition) is 3. The van der Waals surface area contributed by atoms with Crippen molar-refractivity contribution in [2.45, 2.75) is 0 Å². The van der Waals surface area contributed by atoms with Crippen molar-refractivity contribution in [3.8, 4) is 11.4 Å². The van der Waals surface area contributed by atoms with E-state index in [0.29, 0.717) is 22.5 Å². The van der Waals surface area contributed by atoms with Gasteiger partial charge in [0, 0.05) is 6.20 Å². The third-order valence-electron chi connectivity index (χ3n) is 1.59. The maximum Gasteiger partial charge on any atom is 0.199 e. The lowest BCUT2D eigenvalue weighted by molar-refractivity contribution is 1.28. The minimum Gasteiger partial charge on any atom is -0.369 e. The van der Waals surface area contributed by atoms with Gasteiger partial charge in [0.05, 0.1) is 5.69 Å². The molecule has 2 aromatic heterocycles.